The summed E-state index contributed by atoms with van der Waals surface area (Å²) in [6.07, 6.45) is 4.17. The van der Waals surface area contributed by atoms with Gasteiger partial charge in [-0.05, 0) is 17.7 Å². The molecular formula is C16H15NO. The number of benzene rings is 2. The Morgan fingerprint density at radius 2 is 1.67 bits per heavy atom. The van der Waals surface area contributed by atoms with Crippen LogP contribution < -0.4 is 5.73 Å². The highest BCUT2D eigenvalue weighted by Gasteiger charge is 2.06. The summed E-state index contributed by atoms with van der Waals surface area (Å²) in [6.45, 7) is 0. The molecule has 2 nitrogen and oxygen atoms in total. The lowest BCUT2D eigenvalue weighted by Gasteiger charge is -2.01. The van der Waals surface area contributed by atoms with Crippen molar-refractivity contribution in [2.75, 3.05) is 5.73 Å². The van der Waals surface area contributed by atoms with Crippen LogP contribution in [-0.4, -0.2) is 5.78 Å². The van der Waals surface area contributed by atoms with Gasteiger partial charge in [0.25, 0.3) is 0 Å². The number of carbonyl (C=O) groups is 1. The van der Waals surface area contributed by atoms with E-state index in [1.54, 1.807) is 12.1 Å². The molecule has 0 unspecified atom stereocenters. The van der Waals surface area contributed by atoms with Crippen LogP contribution in [0.3, 0.4) is 0 Å². The lowest BCUT2D eigenvalue weighted by atomic mass is 10.1. The maximum absolute atomic E-state index is 11.9. The van der Waals surface area contributed by atoms with Crippen molar-refractivity contribution in [3.8, 4) is 0 Å². The minimum atomic E-state index is 0.0419. The van der Waals surface area contributed by atoms with Crippen molar-refractivity contribution in [3.63, 3.8) is 0 Å². The van der Waals surface area contributed by atoms with Gasteiger partial charge in [0, 0.05) is 17.7 Å². The van der Waals surface area contributed by atoms with Crippen molar-refractivity contribution in [1.82, 2.24) is 0 Å². The number of anilines is 1. The molecule has 0 radical (unpaired) electrons. The quantitative estimate of drug-likeness (QED) is 0.652. The van der Waals surface area contributed by atoms with E-state index >= 15 is 0 Å². The molecule has 0 saturated carbocycles. The highest BCUT2D eigenvalue weighted by molar-refractivity contribution is 6.01. The third-order valence-corrected chi connectivity index (χ3v) is 2.67. The first kappa shape index (κ1) is 12.1. The van der Waals surface area contributed by atoms with Gasteiger partial charge in [0.2, 0.25) is 0 Å². The Morgan fingerprint density at radius 3 is 2.39 bits per heavy atom. The van der Waals surface area contributed by atoms with E-state index in [0.29, 0.717) is 17.7 Å². The topological polar surface area (TPSA) is 43.1 Å². The number of allylic oxidation sites excluding steroid dienone is 1. The second-order valence-corrected chi connectivity index (χ2v) is 4.03. The number of ketones is 1. The fraction of sp³-hybridized carbons (Fsp3) is 0.0625. The zero-order valence-electron chi connectivity index (χ0n) is 10.0. The molecule has 2 aromatic rings. The van der Waals surface area contributed by atoms with Gasteiger partial charge in [-0.1, -0.05) is 54.6 Å². The van der Waals surface area contributed by atoms with E-state index < -0.39 is 0 Å². The molecule has 0 heterocycles. The highest BCUT2D eigenvalue weighted by Crippen LogP contribution is 2.13. The molecule has 2 heteroatoms. The minimum absolute atomic E-state index is 0.0419. The fourth-order valence-electron chi connectivity index (χ4n) is 1.73. The molecule has 2 rings (SSSR count). The Hall–Kier alpha value is -2.35. The van der Waals surface area contributed by atoms with Gasteiger partial charge in [0.1, 0.15) is 0 Å². The molecular weight excluding hydrogens is 222 g/mol. The summed E-state index contributed by atoms with van der Waals surface area (Å²) in [6, 6.07) is 17.1. The molecule has 18 heavy (non-hydrogen) atoms. The van der Waals surface area contributed by atoms with Crippen molar-refractivity contribution < 1.29 is 4.79 Å². The zero-order valence-corrected chi connectivity index (χ0v) is 10.0. The van der Waals surface area contributed by atoms with E-state index in [1.807, 2.05) is 54.6 Å². The molecule has 2 N–H and O–H groups in total. The number of rotatable bonds is 4. The number of nitrogens with two attached hydrogens (primary N) is 1. The molecule has 0 bridgehead atoms. The van der Waals surface area contributed by atoms with Crippen molar-refractivity contribution in [3.05, 3.63) is 71.8 Å². The summed E-state index contributed by atoms with van der Waals surface area (Å²) in [5.41, 5.74) is 7.98. The molecule has 2 aromatic carbocycles. The summed E-state index contributed by atoms with van der Waals surface area (Å²) in [5, 5.41) is 0. The van der Waals surface area contributed by atoms with Gasteiger partial charge >= 0.3 is 0 Å². The van der Waals surface area contributed by atoms with Crippen LogP contribution >= 0.6 is 0 Å². The molecule has 0 aliphatic carbocycles. The van der Waals surface area contributed by atoms with Gasteiger partial charge < -0.3 is 5.73 Å². The van der Waals surface area contributed by atoms with Gasteiger partial charge in [0.05, 0.1) is 0 Å². The lowest BCUT2D eigenvalue weighted by Crippen LogP contribution is -2.01. The molecule has 0 atom stereocenters. The first-order valence-corrected chi connectivity index (χ1v) is 5.86. The predicted octanol–water partition coefficient (Wildman–Crippen LogP) is 3.56. The van der Waals surface area contributed by atoms with Gasteiger partial charge in [-0.25, -0.2) is 0 Å². The molecule has 0 aliphatic rings. The minimum Gasteiger partial charge on any atom is -0.398 e. The van der Waals surface area contributed by atoms with Crippen molar-refractivity contribution in [1.29, 1.82) is 0 Å². The van der Waals surface area contributed by atoms with Crippen LogP contribution in [0.2, 0.25) is 0 Å². The largest absolute Gasteiger partial charge is 0.398 e. The number of carbonyl (C=O) groups excluding carboxylic acids is 1. The molecule has 0 aliphatic heterocycles. The van der Waals surface area contributed by atoms with E-state index in [0.717, 1.165) is 5.56 Å². The van der Waals surface area contributed by atoms with Crippen molar-refractivity contribution in [2.45, 2.75) is 6.42 Å². The third-order valence-electron chi connectivity index (χ3n) is 2.67. The van der Waals surface area contributed by atoms with E-state index in [2.05, 4.69) is 0 Å². The van der Waals surface area contributed by atoms with E-state index in [9.17, 15) is 4.79 Å². The second kappa shape index (κ2) is 5.82. The van der Waals surface area contributed by atoms with Crippen LogP contribution in [0.1, 0.15) is 22.3 Å². The number of nitrogen functional groups attached to an aromatic ring is 1. The zero-order chi connectivity index (χ0) is 12.8. The lowest BCUT2D eigenvalue weighted by molar-refractivity contribution is 0.0997. The predicted molar refractivity (Wildman–Crippen MR) is 75.3 cm³/mol. The Morgan fingerprint density at radius 1 is 1.00 bits per heavy atom. The SMILES string of the molecule is Nc1ccccc1C(=O)CC=Cc1ccccc1. The highest BCUT2D eigenvalue weighted by atomic mass is 16.1. The Kier molecular flexibility index (Phi) is 3.92. The van der Waals surface area contributed by atoms with E-state index in [4.69, 9.17) is 5.73 Å². The molecule has 0 amide bonds. The second-order valence-electron chi connectivity index (χ2n) is 4.03. The van der Waals surface area contributed by atoms with Gasteiger partial charge in [-0.3, -0.25) is 4.79 Å². The summed E-state index contributed by atoms with van der Waals surface area (Å²) in [4.78, 5) is 11.9. The summed E-state index contributed by atoms with van der Waals surface area (Å²) >= 11 is 0. The average molecular weight is 237 g/mol. The summed E-state index contributed by atoms with van der Waals surface area (Å²) < 4.78 is 0. The van der Waals surface area contributed by atoms with Gasteiger partial charge in [-0.2, -0.15) is 0 Å². The monoisotopic (exact) mass is 237 g/mol. The van der Waals surface area contributed by atoms with Gasteiger partial charge in [-0.15, -0.1) is 0 Å². The maximum Gasteiger partial charge on any atom is 0.168 e. The molecule has 0 saturated heterocycles. The molecule has 0 fully saturated rings. The van der Waals surface area contributed by atoms with E-state index in [1.165, 1.54) is 0 Å². The fourth-order valence-corrected chi connectivity index (χ4v) is 1.73. The molecule has 90 valence electrons. The smallest absolute Gasteiger partial charge is 0.168 e. The van der Waals surface area contributed by atoms with Crippen LogP contribution in [0, 0.1) is 0 Å². The third kappa shape index (κ3) is 3.08. The normalized spacial score (nSPS) is 10.7. The van der Waals surface area contributed by atoms with Crippen LogP contribution in [0.5, 0.6) is 0 Å². The summed E-state index contributed by atoms with van der Waals surface area (Å²) in [5.74, 6) is 0.0419. The van der Waals surface area contributed by atoms with Crippen molar-refractivity contribution in [2.24, 2.45) is 0 Å². The average Bonchev–Trinajstić information content (AvgIpc) is 2.40. The number of hydrogen-bond acceptors (Lipinski definition) is 2. The number of hydrogen-bond donors (Lipinski definition) is 1. The van der Waals surface area contributed by atoms with E-state index in [-0.39, 0.29) is 5.78 Å². The Bertz CT molecular complexity index is 558. The Labute approximate surface area is 107 Å². The molecule has 0 aromatic heterocycles. The van der Waals surface area contributed by atoms with Crippen LogP contribution in [-0.2, 0) is 0 Å². The first-order chi connectivity index (χ1) is 8.77. The first-order valence-electron chi connectivity index (χ1n) is 5.86. The summed E-state index contributed by atoms with van der Waals surface area (Å²) in [7, 11) is 0. The number of para-hydroxylation sites is 1. The number of Topliss-reactive ketones (excluding diaryl/α,β-unsaturated/α-hetero) is 1. The maximum atomic E-state index is 11.9. The van der Waals surface area contributed by atoms with Gasteiger partial charge in [0.15, 0.2) is 5.78 Å². The van der Waals surface area contributed by atoms with Crippen LogP contribution in [0.15, 0.2) is 60.7 Å². The standard InChI is InChI=1S/C16H15NO/c17-15-11-5-4-10-14(15)16(18)12-6-9-13-7-2-1-3-8-13/h1-11H,12,17H2. The van der Waals surface area contributed by atoms with Crippen LogP contribution in [0.25, 0.3) is 6.08 Å². The molecule has 0 spiro atoms. The van der Waals surface area contributed by atoms with Crippen LogP contribution in [0.4, 0.5) is 5.69 Å². The Balaban J connectivity index is 2.01. The van der Waals surface area contributed by atoms with Crippen molar-refractivity contribution >= 4 is 17.5 Å².